The molecule has 0 heterocycles. The molecular formula is C41H62O5. The van der Waals surface area contributed by atoms with Crippen LogP contribution in [0.15, 0.2) is 48.6 Å². The SMILES string of the molecule is C=C(C)C(=O)OCC(COC(=O)C(=C)C(C)O)C1CCC(C2CCC(c3ccc(C4CCC(CCCCC)CC4)cc3)CC2)CC1. The Morgan fingerprint density at radius 1 is 0.761 bits per heavy atom. The smallest absolute Gasteiger partial charge is 0.336 e. The van der Waals surface area contributed by atoms with E-state index in [0.29, 0.717) is 17.4 Å². The van der Waals surface area contributed by atoms with Gasteiger partial charge in [-0.25, -0.2) is 9.59 Å². The second kappa shape index (κ2) is 18.2. The summed E-state index contributed by atoms with van der Waals surface area (Å²) in [4.78, 5) is 24.5. The molecule has 1 aromatic carbocycles. The van der Waals surface area contributed by atoms with Crippen molar-refractivity contribution in [3.05, 3.63) is 59.7 Å². The van der Waals surface area contributed by atoms with Crippen molar-refractivity contribution < 1.29 is 24.2 Å². The molecule has 0 aliphatic heterocycles. The van der Waals surface area contributed by atoms with Crippen LogP contribution in [0.5, 0.6) is 0 Å². The average molecular weight is 635 g/mol. The van der Waals surface area contributed by atoms with Crippen molar-refractivity contribution in [3.63, 3.8) is 0 Å². The second-order valence-electron chi connectivity index (χ2n) is 15.1. The number of benzene rings is 1. The molecule has 4 rings (SSSR count). The van der Waals surface area contributed by atoms with E-state index in [-0.39, 0.29) is 24.7 Å². The maximum absolute atomic E-state index is 12.3. The number of aliphatic hydroxyl groups is 1. The lowest BCUT2D eigenvalue weighted by molar-refractivity contribution is -0.146. The zero-order chi connectivity index (χ0) is 33.1. The molecule has 1 N–H and O–H groups in total. The number of unbranched alkanes of at least 4 members (excludes halogenated alkanes) is 2. The molecule has 1 aromatic rings. The van der Waals surface area contributed by atoms with E-state index in [9.17, 15) is 14.7 Å². The lowest BCUT2D eigenvalue weighted by atomic mass is 9.67. The van der Waals surface area contributed by atoms with Crippen molar-refractivity contribution in [2.45, 2.75) is 141 Å². The quantitative estimate of drug-likeness (QED) is 0.118. The first-order chi connectivity index (χ1) is 22.2. The maximum atomic E-state index is 12.3. The summed E-state index contributed by atoms with van der Waals surface area (Å²) < 4.78 is 11.0. The Bertz CT molecular complexity index is 1110. The van der Waals surface area contributed by atoms with Gasteiger partial charge in [-0.05, 0) is 138 Å². The minimum atomic E-state index is -0.952. The van der Waals surface area contributed by atoms with Crippen LogP contribution in [0.25, 0.3) is 0 Å². The molecule has 0 spiro atoms. The fraction of sp³-hybridized carbons (Fsp3) is 0.707. The van der Waals surface area contributed by atoms with Crippen molar-refractivity contribution in [3.8, 4) is 0 Å². The predicted octanol–water partition coefficient (Wildman–Crippen LogP) is 9.84. The molecule has 256 valence electrons. The first-order valence-electron chi connectivity index (χ1n) is 18.6. The van der Waals surface area contributed by atoms with Crippen molar-refractivity contribution >= 4 is 11.9 Å². The van der Waals surface area contributed by atoms with Gasteiger partial charge in [0.25, 0.3) is 0 Å². The molecule has 46 heavy (non-hydrogen) atoms. The zero-order valence-electron chi connectivity index (χ0n) is 29.2. The fourth-order valence-corrected chi connectivity index (χ4v) is 8.59. The van der Waals surface area contributed by atoms with Crippen LogP contribution in [0.3, 0.4) is 0 Å². The standard InChI is InChI=1S/C41H62O5/c1-6-7-8-9-31-10-12-32(13-11-31)33-14-16-34(17-15-33)35-18-20-36(21-19-35)37-22-24-38(25-23-37)39(26-45-40(43)28(2)3)27-46-41(44)29(4)30(5)42/h14-17,30-32,35-39,42H,2,4,6-13,18-27H2,1,3,5H3. The highest BCUT2D eigenvalue weighted by Crippen LogP contribution is 2.45. The predicted molar refractivity (Wildman–Crippen MR) is 186 cm³/mol. The van der Waals surface area contributed by atoms with Gasteiger partial charge in [0.15, 0.2) is 0 Å². The third kappa shape index (κ3) is 10.6. The Morgan fingerprint density at radius 2 is 1.24 bits per heavy atom. The van der Waals surface area contributed by atoms with E-state index in [0.717, 1.165) is 36.5 Å². The maximum Gasteiger partial charge on any atom is 0.336 e. The van der Waals surface area contributed by atoms with E-state index in [4.69, 9.17) is 9.47 Å². The molecule has 5 nitrogen and oxygen atoms in total. The van der Waals surface area contributed by atoms with Crippen LogP contribution in [0, 0.1) is 29.6 Å². The number of rotatable bonds is 15. The number of hydrogen-bond acceptors (Lipinski definition) is 5. The van der Waals surface area contributed by atoms with Crippen LogP contribution < -0.4 is 0 Å². The van der Waals surface area contributed by atoms with Crippen molar-refractivity contribution in [1.29, 1.82) is 0 Å². The third-order valence-electron chi connectivity index (χ3n) is 11.8. The number of ether oxygens (including phenoxy) is 2. The first kappa shape index (κ1) is 36.4. The Hall–Kier alpha value is -2.40. The van der Waals surface area contributed by atoms with E-state index in [1.165, 1.54) is 96.8 Å². The molecule has 0 bridgehead atoms. The van der Waals surface area contributed by atoms with Crippen molar-refractivity contribution in [2.75, 3.05) is 13.2 Å². The van der Waals surface area contributed by atoms with E-state index in [1.807, 2.05) is 0 Å². The van der Waals surface area contributed by atoms with Gasteiger partial charge in [0, 0.05) is 11.5 Å². The minimum absolute atomic E-state index is 0.0448. The van der Waals surface area contributed by atoms with E-state index in [2.05, 4.69) is 44.3 Å². The average Bonchev–Trinajstić information content (AvgIpc) is 3.08. The Kier molecular flexibility index (Phi) is 14.4. The van der Waals surface area contributed by atoms with Gasteiger partial charge in [0.2, 0.25) is 0 Å². The summed E-state index contributed by atoms with van der Waals surface area (Å²) in [5.41, 5.74) is 3.52. The third-order valence-corrected chi connectivity index (χ3v) is 11.8. The molecule has 3 fully saturated rings. The molecule has 2 unspecified atom stereocenters. The summed E-state index contributed by atoms with van der Waals surface area (Å²) in [6.07, 6.45) is 19.8. The number of carbonyl (C=O) groups is 2. The normalized spacial score (nSPS) is 28.1. The monoisotopic (exact) mass is 634 g/mol. The van der Waals surface area contributed by atoms with Gasteiger partial charge in [0.05, 0.1) is 24.9 Å². The van der Waals surface area contributed by atoms with Crippen LogP contribution in [0.2, 0.25) is 0 Å². The molecule has 3 saturated carbocycles. The number of esters is 2. The molecule has 0 saturated heterocycles. The summed E-state index contributed by atoms with van der Waals surface area (Å²) in [6.45, 7) is 13.1. The van der Waals surface area contributed by atoms with Crippen LogP contribution in [-0.4, -0.2) is 36.4 Å². The summed E-state index contributed by atoms with van der Waals surface area (Å²) in [5, 5.41) is 9.69. The summed E-state index contributed by atoms with van der Waals surface area (Å²) in [6, 6.07) is 9.80. The summed E-state index contributed by atoms with van der Waals surface area (Å²) in [7, 11) is 0. The molecule has 2 atom stereocenters. The van der Waals surface area contributed by atoms with E-state index >= 15 is 0 Å². The van der Waals surface area contributed by atoms with Gasteiger partial charge in [-0.2, -0.15) is 0 Å². The lowest BCUT2D eigenvalue weighted by Gasteiger charge is -2.39. The zero-order valence-corrected chi connectivity index (χ0v) is 29.2. The number of carbonyl (C=O) groups excluding carboxylic acids is 2. The van der Waals surface area contributed by atoms with Crippen LogP contribution in [0.4, 0.5) is 0 Å². The van der Waals surface area contributed by atoms with Gasteiger partial charge < -0.3 is 14.6 Å². The Morgan fingerprint density at radius 3 is 1.72 bits per heavy atom. The van der Waals surface area contributed by atoms with Gasteiger partial charge in [-0.3, -0.25) is 0 Å². The van der Waals surface area contributed by atoms with Gasteiger partial charge in [0.1, 0.15) is 0 Å². The molecule has 5 heteroatoms. The largest absolute Gasteiger partial charge is 0.462 e. The summed E-state index contributed by atoms with van der Waals surface area (Å²) in [5.74, 6) is 3.19. The van der Waals surface area contributed by atoms with Crippen LogP contribution in [0.1, 0.15) is 146 Å². The Labute approximate surface area is 279 Å². The fourth-order valence-electron chi connectivity index (χ4n) is 8.59. The van der Waals surface area contributed by atoms with E-state index < -0.39 is 18.0 Å². The van der Waals surface area contributed by atoms with Crippen molar-refractivity contribution in [2.24, 2.45) is 29.6 Å². The highest BCUT2D eigenvalue weighted by atomic mass is 16.5. The molecule has 0 amide bonds. The molecule has 3 aliphatic rings. The minimum Gasteiger partial charge on any atom is -0.462 e. The topological polar surface area (TPSA) is 72.8 Å². The van der Waals surface area contributed by atoms with Gasteiger partial charge >= 0.3 is 11.9 Å². The van der Waals surface area contributed by atoms with Gasteiger partial charge in [-0.1, -0.05) is 70.0 Å². The second-order valence-corrected chi connectivity index (χ2v) is 15.1. The first-order valence-corrected chi connectivity index (χ1v) is 18.6. The number of hydrogen-bond donors (Lipinski definition) is 1. The number of aliphatic hydroxyl groups excluding tert-OH is 1. The van der Waals surface area contributed by atoms with Crippen LogP contribution in [-0.2, 0) is 19.1 Å². The Balaban J connectivity index is 1.21. The lowest BCUT2D eigenvalue weighted by Crippen LogP contribution is -2.33. The molecule has 0 aromatic heterocycles. The summed E-state index contributed by atoms with van der Waals surface area (Å²) >= 11 is 0. The van der Waals surface area contributed by atoms with Crippen molar-refractivity contribution in [1.82, 2.24) is 0 Å². The van der Waals surface area contributed by atoms with Crippen LogP contribution >= 0.6 is 0 Å². The van der Waals surface area contributed by atoms with E-state index in [1.54, 1.807) is 18.1 Å². The molecule has 3 aliphatic carbocycles. The highest BCUT2D eigenvalue weighted by Gasteiger charge is 2.35. The highest BCUT2D eigenvalue weighted by molar-refractivity contribution is 5.88. The molecular weight excluding hydrogens is 572 g/mol. The molecule has 0 radical (unpaired) electrons. The van der Waals surface area contributed by atoms with Gasteiger partial charge in [-0.15, -0.1) is 0 Å².